The predicted octanol–water partition coefficient (Wildman–Crippen LogP) is 7.23. The maximum Gasteiger partial charge on any atom is 0.338 e. The number of hydrogen-bond donors (Lipinski definition) is 0. The molecule has 0 amide bonds. The monoisotopic (exact) mass is 459 g/mol. The van der Waals surface area contributed by atoms with E-state index < -0.39 is 0 Å². The molecule has 2 aromatic carbocycles. The highest BCUT2D eigenvalue weighted by Gasteiger charge is 2.21. The normalized spacial score (nSPS) is 17.4. The topological polar surface area (TPSA) is 29.5 Å². The summed E-state index contributed by atoms with van der Waals surface area (Å²) in [5.74, 6) is 0.561. The van der Waals surface area contributed by atoms with Gasteiger partial charge in [0.15, 0.2) is 0 Å². The second kappa shape index (κ2) is 12.4. The standard InChI is InChI=1S/C31H41NO2/c1-24(27-17-16-26-12-5-3-4-6-13-28(26)22-27)10-9-11-25-18-20-32(21-19-25)23-29-14-7-8-15-30(29)31(33)34-2/h7-8,14-17,22,25H,1,3-6,9-13,18-21,23H2,2H3. The van der Waals surface area contributed by atoms with Crippen LogP contribution in [0.15, 0.2) is 49.0 Å². The zero-order chi connectivity index (χ0) is 23.8. The van der Waals surface area contributed by atoms with Crippen LogP contribution < -0.4 is 0 Å². The lowest BCUT2D eigenvalue weighted by molar-refractivity contribution is 0.0597. The highest BCUT2D eigenvalue weighted by molar-refractivity contribution is 5.90. The van der Waals surface area contributed by atoms with Crippen LogP contribution in [-0.4, -0.2) is 31.1 Å². The van der Waals surface area contributed by atoms with Gasteiger partial charge < -0.3 is 4.74 Å². The van der Waals surface area contributed by atoms with Gasteiger partial charge in [-0.2, -0.15) is 0 Å². The Hall–Kier alpha value is -2.39. The number of rotatable bonds is 8. The molecule has 182 valence electrons. The van der Waals surface area contributed by atoms with E-state index in [1.54, 1.807) is 11.1 Å². The first-order chi connectivity index (χ1) is 16.6. The van der Waals surface area contributed by atoms with E-state index in [9.17, 15) is 4.79 Å². The lowest BCUT2D eigenvalue weighted by Crippen LogP contribution is -2.33. The number of fused-ring (bicyclic) bond motifs is 1. The van der Waals surface area contributed by atoms with Crippen molar-refractivity contribution < 1.29 is 9.53 Å². The van der Waals surface area contributed by atoms with Gasteiger partial charge in [-0.1, -0.05) is 62.2 Å². The molecule has 0 radical (unpaired) electrons. The number of esters is 1. The second-order valence-corrected chi connectivity index (χ2v) is 10.3. The van der Waals surface area contributed by atoms with Crippen LogP contribution in [0, 0.1) is 5.92 Å². The predicted molar refractivity (Wildman–Crippen MR) is 141 cm³/mol. The number of benzene rings is 2. The maximum absolute atomic E-state index is 12.1. The zero-order valence-electron chi connectivity index (χ0n) is 21.0. The molecule has 1 heterocycles. The quantitative estimate of drug-likeness (QED) is 0.390. The van der Waals surface area contributed by atoms with Gasteiger partial charge in [0.05, 0.1) is 12.7 Å². The highest BCUT2D eigenvalue weighted by Crippen LogP contribution is 2.29. The van der Waals surface area contributed by atoms with Crippen molar-refractivity contribution in [2.24, 2.45) is 5.92 Å². The highest BCUT2D eigenvalue weighted by atomic mass is 16.5. The van der Waals surface area contributed by atoms with Crippen LogP contribution in [0.2, 0.25) is 0 Å². The number of carbonyl (C=O) groups excluding carboxylic acids is 1. The Morgan fingerprint density at radius 1 is 1.00 bits per heavy atom. The van der Waals surface area contributed by atoms with E-state index in [0.717, 1.165) is 37.5 Å². The molecule has 0 bridgehead atoms. The minimum absolute atomic E-state index is 0.240. The minimum atomic E-state index is -0.240. The zero-order valence-corrected chi connectivity index (χ0v) is 21.0. The van der Waals surface area contributed by atoms with Gasteiger partial charge in [-0.15, -0.1) is 0 Å². The van der Waals surface area contributed by atoms with Crippen LogP contribution in [-0.2, 0) is 24.1 Å². The van der Waals surface area contributed by atoms with Gasteiger partial charge in [0.25, 0.3) is 0 Å². The maximum atomic E-state index is 12.1. The third-order valence-corrected chi connectivity index (χ3v) is 7.87. The summed E-state index contributed by atoms with van der Waals surface area (Å²) >= 11 is 0. The molecule has 2 aliphatic rings. The van der Waals surface area contributed by atoms with Crippen molar-refractivity contribution in [2.75, 3.05) is 20.2 Å². The Morgan fingerprint density at radius 2 is 1.74 bits per heavy atom. The summed E-state index contributed by atoms with van der Waals surface area (Å²) in [6, 6.07) is 15.0. The van der Waals surface area contributed by atoms with Crippen LogP contribution in [0.5, 0.6) is 0 Å². The van der Waals surface area contributed by atoms with Gasteiger partial charge in [0.1, 0.15) is 0 Å². The first kappa shape index (κ1) is 24.7. The van der Waals surface area contributed by atoms with Crippen molar-refractivity contribution in [1.82, 2.24) is 4.90 Å². The molecule has 0 atom stereocenters. The molecule has 0 unspecified atom stereocenters. The van der Waals surface area contributed by atoms with E-state index in [-0.39, 0.29) is 5.97 Å². The number of carbonyl (C=O) groups is 1. The van der Waals surface area contributed by atoms with Gasteiger partial charge in [-0.25, -0.2) is 4.79 Å². The van der Waals surface area contributed by atoms with E-state index >= 15 is 0 Å². The number of piperidine rings is 1. The molecule has 1 aliphatic carbocycles. The summed E-state index contributed by atoms with van der Waals surface area (Å²) in [7, 11) is 1.45. The molecular weight excluding hydrogens is 418 g/mol. The van der Waals surface area contributed by atoms with Gasteiger partial charge in [0.2, 0.25) is 0 Å². The molecular formula is C31H41NO2. The van der Waals surface area contributed by atoms with Crippen LogP contribution in [0.25, 0.3) is 5.57 Å². The Kier molecular flexibility index (Phi) is 8.98. The lowest BCUT2D eigenvalue weighted by atomic mass is 9.88. The fraction of sp³-hybridized carbons (Fsp3) is 0.516. The number of methoxy groups -OCH3 is 1. The molecule has 0 spiro atoms. The fourth-order valence-corrected chi connectivity index (χ4v) is 5.70. The van der Waals surface area contributed by atoms with Crippen molar-refractivity contribution in [3.63, 3.8) is 0 Å². The Balaban J connectivity index is 1.21. The van der Waals surface area contributed by atoms with E-state index in [4.69, 9.17) is 4.74 Å². The molecule has 3 heteroatoms. The minimum Gasteiger partial charge on any atom is -0.465 e. The summed E-state index contributed by atoms with van der Waals surface area (Å²) in [6.07, 6.45) is 14.0. The molecule has 0 N–H and O–H groups in total. The number of likely N-dealkylation sites (tertiary alicyclic amines) is 1. The van der Waals surface area contributed by atoms with Crippen LogP contribution in [0.3, 0.4) is 0 Å². The molecule has 3 nitrogen and oxygen atoms in total. The summed E-state index contributed by atoms with van der Waals surface area (Å²) in [5, 5.41) is 0. The van der Waals surface area contributed by atoms with E-state index in [0.29, 0.717) is 5.56 Å². The van der Waals surface area contributed by atoms with E-state index in [1.165, 1.54) is 82.5 Å². The van der Waals surface area contributed by atoms with Crippen molar-refractivity contribution in [1.29, 1.82) is 0 Å². The molecule has 1 aliphatic heterocycles. The molecule has 4 rings (SSSR count). The average molecular weight is 460 g/mol. The molecule has 2 aromatic rings. The van der Waals surface area contributed by atoms with Crippen molar-refractivity contribution >= 4 is 11.5 Å². The first-order valence-electron chi connectivity index (χ1n) is 13.3. The first-order valence-corrected chi connectivity index (χ1v) is 13.3. The Morgan fingerprint density at radius 3 is 2.50 bits per heavy atom. The van der Waals surface area contributed by atoms with Crippen LogP contribution in [0.4, 0.5) is 0 Å². The second-order valence-electron chi connectivity index (χ2n) is 10.3. The molecule has 0 aromatic heterocycles. The molecule has 1 saturated heterocycles. The third-order valence-electron chi connectivity index (χ3n) is 7.87. The van der Waals surface area contributed by atoms with Gasteiger partial charge >= 0.3 is 5.97 Å². The van der Waals surface area contributed by atoms with E-state index in [1.807, 2.05) is 24.3 Å². The smallest absolute Gasteiger partial charge is 0.338 e. The lowest BCUT2D eigenvalue weighted by Gasteiger charge is -2.32. The number of hydrogen-bond acceptors (Lipinski definition) is 3. The number of allylic oxidation sites excluding steroid dienone is 1. The summed E-state index contributed by atoms with van der Waals surface area (Å²) < 4.78 is 4.95. The molecule has 1 fully saturated rings. The summed E-state index contributed by atoms with van der Waals surface area (Å²) in [5.41, 5.74) is 7.57. The van der Waals surface area contributed by atoms with Gasteiger partial charge in [0, 0.05) is 6.54 Å². The van der Waals surface area contributed by atoms with Crippen molar-refractivity contribution in [3.05, 3.63) is 76.9 Å². The largest absolute Gasteiger partial charge is 0.465 e. The average Bonchev–Trinajstić information content (AvgIpc) is 2.85. The Bertz CT molecular complexity index is 971. The van der Waals surface area contributed by atoms with Crippen molar-refractivity contribution in [3.8, 4) is 0 Å². The van der Waals surface area contributed by atoms with Crippen molar-refractivity contribution in [2.45, 2.75) is 77.2 Å². The van der Waals surface area contributed by atoms with Crippen LogP contribution >= 0.6 is 0 Å². The van der Waals surface area contributed by atoms with Gasteiger partial charge in [-0.3, -0.25) is 4.90 Å². The van der Waals surface area contributed by atoms with Crippen LogP contribution in [0.1, 0.15) is 90.4 Å². The van der Waals surface area contributed by atoms with E-state index in [2.05, 4.69) is 29.7 Å². The third kappa shape index (κ3) is 6.60. The number of aryl methyl sites for hydroxylation is 2. The summed E-state index contributed by atoms with van der Waals surface area (Å²) in [4.78, 5) is 14.5. The summed E-state index contributed by atoms with van der Waals surface area (Å²) in [6.45, 7) is 7.47. The number of ether oxygens (including phenoxy) is 1. The Labute approximate surface area is 206 Å². The van der Waals surface area contributed by atoms with Gasteiger partial charge in [-0.05, 0) is 104 Å². The molecule has 34 heavy (non-hydrogen) atoms. The SMILES string of the molecule is C=C(CCCC1CCN(Cc2ccccc2C(=O)OC)CC1)c1ccc2c(c1)CCCCCC2. The number of nitrogens with zero attached hydrogens (tertiary/aromatic N) is 1. The fourth-order valence-electron chi connectivity index (χ4n) is 5.70. The molecule has 0 saturated carbocycles.